The van der Waals surface area contributed by atoms with Crippen LogP contribution in [0.2, 0.25) is 0 Å². The molecule has 3 aromatic rings. The normalized spacial score (nSPS) is 10.9. The second-order valence-corrected chi connectivity index (χ2v) is 7.93. The van der Waals surface area contributed by atoms with Crippen LogP contribution in [0.15, 0.2) is 42.5 Å². The molecule has 0 radical (unpaired) electrons. The third-order valence-corrected chi connectivity index (χ3v) is 4.47. The second-order valence-electron chi connectivity index (χ2n) is 7.93. The van der Waals surface area contributed by atoms with E-state index in [2.05, 4.69) is 0 Å². The Balaban J connectivity index is 0.000000343. The van der Waals surface area contributed by atoms with Crippen molar-refractivity contribution >= 4 is 22.8 Å². The van der Waals surface area contributed by atoms with E-state index in [9.17, 15) is 14.0 Å². The molecule has 0 atom stereocenters. The van der Waals surface area contributed by atoms with Crippen LogP contribution in [0, 0.1) is 19.7 Å². The number of hydrogen-bond donors (Lipinski definition) is 0. The van der Waals surface area contributed by atoms with Gasteiger partial charge in [0.2, 0.25) is 0 Å². The van der Waals surface area contributed by atoms with E-state index >= 15 is 0 Å². The fourth-order valence-corrected chi connectivity index (χ4v) is 3.13. The molecule has 0 aliphatic carbocycles. The van der Waals surface area contributed by atoms with Crippen LogP contribution in [-0.2, 0) is 9.53 Å². The van der Waals surface area contributed by atoms with Gasteiger partial charge in [0.15, 0.2) is 11.6 Å². The zero-order valence-corrected chi connectivity index (χ0v) is 18.5. The molecule has 1 aromatic heterocycles. The van der Waals surface area contributed by atoms with Crippen LogP contribution < -0.4 is 4.74 Å². The predicted octanol–water partition coefficient (Wildman–Crippen LogP) is 5.44. The highest BCUT2D eigenvalue weighted by molar-refractivity contribution is 6.04. The number of methoxy groups -OCH3 is 1. The van der Waals surface area contributed by atoms with Gasteiger partial charge in [-0.15, -0.1) is 0 Å². The first-order chi connectivity index (χ1) is 14.0. The summed E-state index contributed by atoms with van der Waals surface area (Å²) in [7, 11) is 1.43. The Bertz CT molecular complexity index is 1060. The fraction of sp³-hybridized carbons (Fsp3) is 0.333. The lowest BCUT2D eigenvalue weighted by atomic mass is 10.1. The molecule has 30 heavy (non-hydrogen) atoms. The van der Waals surface area contributed by atoms with Crippen molar-refractivity contribution in [2.24, 2.45) is 0 Å². The SMILES string of the molecule is CC(=O)OC(C)(C)C.COc1cc2c(C)c(C)n(C(=O)c3ccccc3)c2cc1F. The lowest BCUT2D eigenvalue weighted by molar-refractivity contribution is -0.151. The summed E-state index contributed by atoms with van der Waals surface area (Å²) in [6.07, 6.45) is 0. The number of aryl methyl sites for hydroxylation is 1. The molecule has 160 valence electrons. The van der Waals surface area contributed by atoms with E-state index in [4.69, 9.17) is 9.47 Å². The van der Waals surface area contributed by atoms with Gasteiger partial charge < -0.3 is 9.47 Å². The Labute approximate surface area is 176 Å². The average molecular weight is 413 g/mol. The Morgan fingerprint density at radius 3 is 2.10 bits per heavy atom. The Kier molecular flexibility index (Phi) is 7.03. The zero-order chi connectivity index (χ0) is 22.6. The highest BCUT2D eigenvalue weighted by atomic mass is 19.1. The predicted molar refractivity (Wildman–Crippen MR) is 116 cm³/mol. The first-order valence-corrected chi connectivity index (χ1v) is 9.60. The molecule has 6 heteroatoms. The van der Waals surface area contributed by atoms with Gasteiger partial charge >= 0.3 is 5.97 Å². The van der Waals surface area contributed by atoms with Crippen molar-refractivity contribution in [1.29, 1.82) is 0 Å². The molecule has 0 N–H and O–H groups in total. The molecule has 1 heterocycles. The van der Waals surface area contributed by atoms with Gasteiger partial charge in [0.25, 0.3) is 5.91 Å². The summed E-state index contributed by atoms with van der Waals surface area (Å²) in [5.41, 5.74) is 2.54. The Morgan fingerprint density at radius 2 is 1.63 bits per heavy atom. The minimum absolute atomic E-state index is 0.166. The number of rotatable bonds is 2. The summed E-state index contributed by atoms with van der Waals surface area (Å²) in [6, 6.07) is 12.0. The number of halogens is 1. The molecule has 0 spiro atoms. The molecule has 2 aromatic carbocycles. The summed E-state index contributed by atoms with van der Waals surface area (Å²) in [6.45, 7) is 10.7. The van der Waals surface area contributed by atoms with E-state index in [-0.39, 0.29) is 23.2 Å². The van der Waals surface area contributed by atoms with Gasteiger partial charge in [-0.05, 0) is 58.4 Å². The third kappa shape index (κ3) is 5.26. The lowest BCUT2D eigenvalue weighted by Crippen LogP contribution is -2.21. The maximum atomic E-state index is 14.1. The zero-order valence-electron chi connectivity index (χ0n) is 18.5. The minimum Gasteiger partial charge on any atom is -0.494 e. The highest BCUT2D eigenvalue weighted by Gasteiger charge is 2.20. The van der Waals surface area contributed by atoms with Gasteiger partial charge in [0, 0.05) is 29.6 Å². The van der Waals surface area contributed by atoms with E-state index in [1.165, 1.54) is 20.1 Å². The molecule has 0 unspecified atom stereocenters. The number of aromatic nitrogens is 1. The van der Waals surface area contributed by atoms with Crippen molar-refractivity contribution < 1.29 is 23.5 Å². The Morgan fingerprint density at radius 1 is 1.03 bits per heavy atom. The summed E-state index contributed by atoms with van der Waals surface area (Å²) in [5.74, 6) is -0.687. The summed E-state index contributed by atoms with van der Waals surface area (Å²) >= 11 is 0. The number of ether oxygens (including phenoxy) is 2. The molecule has 5 nitrogen and oxygen atoms in total. The lowest BCUT2D eigenvalue weighted by Gasteiger charge is -2.17. The molecule has 0 amide bonds. The van der Waals surface area contributed by atoms with E-state index < -0.39 is 5.82 Å². The highest BCUT2D eigenvalue weighted by Crippen LogP contribution is 2.31. The molecule has 0 aliphatic rings. The van der Waals surface area contributed by atoms with Crippen LogP contribution in [-0.4, -0.2) is 29.2 Å². The maximum Gasteiger partial charge on any atom is 0.303 e. The average Bonchev–Trinajstić information content (AvgIpc) is 2.89. The molecule has 0 saturated carbocycles. The van der Waals surface area contributed by atoms with Crippen molar-refractivity contribution in [3.05, 3.63) is 65.1 Å². The number of fused-ring (bicyclic) bond motifs is 1. The standard InChI is InChI=1S/C18H16FNO2.C6H12O2/c1-11-12(2)20(18(21)13-7-5-4-6-8-13)16-10-15(19)17(22-3)9-14(11)16;1-5(7)8-6(2,3)4/h4-10H,1-3H3;1-4H3. The van der Waals surface area contributed by atoms with Crippen molar-refractivity contribution in [3.8, 4) is 5.75 Å². The number of hydrogen-bond acceptors (Lipinski definition) is 4. The van der Waals surface area contributed by atoms with E-state index in [0.717, 1.165) is 16.6 Å². The quantitative estimate of drug-likeness (QED) is 0.525. The van der Waals surface area contributed by atoms with Crippen molar-refractivity contribution in [2.75, 3.05) is 7.11 Å². The topological polar surface area (TPSA) is 57.5 Å². The van der Waals surface area contributed by atoms with E-state index in [1.807, 2.05) is 52.8 Å². The van der Waals surface area contributed by atoms with E-state index in [0.29, 0.717) is 11.1 Å². The maximum absolute atomic E-state index is 14.1. The van der Waals surface area contributed by atoms with Crippen LogP contribution >= 0.6 is 0 Å². The van der Waals surface area contributed by atoms with Crippen molar-refractivity contribution in [3.63, 3.8) is 0 Å². The van der Waals surface area contributed by atoms with Crippen molar-refractivity contribution in [2.45, 2.75) is 47.1 Å². The molecule has 0 saturated heterocycles. The molecular formula is C24H28FNO4. The second kappa shape index (κ2) is 9.11. The van der Waals surface area contributed by atoms with Gasteiger partial charge in [-0.1, -0.05) is 18.2 Å². The van der Waals surface area contributed by atoms with Crippen LogP contribution in [0.1, 0.15) is 49.3 Å². The fourth-order valence-electron chi connectivity index (χ4n) is 3.13. The van der Waals surface area contributed by atoms with Crippen LogP contribution in [0.25, 0.3) is 10.9 Å². The van der Waals surface area contributed by atoms with Crippen LogP contribution in [0.3, 0.4) is 0 Å². The van der Waals surface area contributed by atoms with Gasteiger partial charge in [-0.3, -0.25) is 14.2 Å². The van der Waals surface area contributed by atoms with Gasteiger partial charge in [-0.25, -0.2) is 4.39 Å². The third-order valence-electron chi connectivity index (χ3n) is 4.47. The summed E-state index contributed by atoms with van der Waals surface area (Å²) in [5, 5.41) is 0.819. The number of esters is 1. The van der Waals surface area contributed by atoms with E-state index in [1.54, 1.807) is 22.8 Å². The van der Waals surface area contributed by atoms with Crippen molar-refractivity contribution in [1.82, 2.24) is 4.57 Å². The number of nitrogens with zero attached hydrogens (tertiary/aromatic N) is 1. The van der Waals surface area contributed by atoms with Gasteiger partial charge in [0.05, 0.1) is 12.6 Å². The largest absolute Gasteiger partial charge is 0.494 e. The number of carbonyl (C=O) groups excluding carboxylic acids is 2. The Hall–Kier alpha value is -3.15. The molecule has 0 aliphatic heterocycles. The molecular weight excluding hydrogens is 385 g/mol. The molecule has 0 bridgehead atoms. The monoisotopic (exact) mass is 413 g/mol. The van der Waals surface area contributed by atoms with Gasteiger partial charge in [0.1, 0.15) is 5.60 Å². The minimum atomic E-state index is -0.477. The summed E-state index contributed by atoms with van der Waals surface area (Å²) < 4.78 is 25.4. The molecule has 0 fully saturated rings. The molecule has 3 rings (SSSR count). The first-order valence-electron chi connectivity index (χ1n) is 9.60. The number of carbonyl (C=O) groups is 2. The number of benzene rings is 2. The van der Waals surface area contributed by atoms with Crippen LogP contribution in [0.4, 0.5) is 4.39 Å². The smallest absolute Gasteiger partial charge is 0.303 e. The summed E-state index contributed by atoms with van der Waals surface area (Å²) in [4.78, 5) is 23.0. The first kappa shape index (κ1) is 23.1. The van der Waals surface area contributed by atoms with Gasteiger partial charge in [-0.2, -0.15) is 0 Å². The van der Waals surface area contributed by atoms with Crippen LogP contribution in [0.5, 0.6) is 5.75 Å².